The monoisotopic (exact) mass is 250 g/mol. The Bertz CT molecular complexity index is 492. The van der Waals surface area contributed by atoms with E-state index >= 15 is 0 Å². The first-order valence-electron chi connectivity index (χ1n) is 5.26. The Balaban J connectivity index is 2.00. The Morgan fingerprint density at radius 1 is 1.38 bits per heavy atom. The van der Waals surface area contributed by atoms with Crippen molar-refractivity contribution in [2.24, 2.45) is 0 Å². The molecule has 1 unspecified atom stereocenters. The van der Waals surface area contributed by atoms with Crippen molar-refractivity contribution >= 4 is 22.9 Å². The van der Waals surface area contributed by atoms with Gasteiger partial charge in [-0.3, -0.25) is 0 Å². The first kappa shape index (κ1) is 10.3. The molecule has 1 aliphatic rings. The van der Waals surface area contributed by atoms with Gasteiger partial charge in [-0.05, 0) is 35.1 Å². The van der Waals surface area contributed by atoms with Crippen molar-refractivity contribution in [3.8, 4) is 0 Å². The summed E-state index contributed by atoms with van der Waals surface area (Å²) in [5.74, 6) is 0. The Hall–Kier alpha value is -0.900. The molecule has 0 saturated carbocycles. The second kappa shape index (κ2) is 4.17. The van der Waals surface area contributed by atoms with Crippen molar-refractivity contribution in [2.45, 2.75) is 12.5 Å². The van der Waals surface area contributed by atoms with Gasteiger partial charge in [0.05, 0.1) is 6.04 Å². The number of rotatable bonds is 1. The van der Waals surface area contributed by atoms with Crippen LogP contribution in [0.3, 0.4) is 0 Å². The zero-order valence-corrected chi connectivity index (χ0v) is 10.2. The number of fused-ring (bicyclic) bond motifs is 1. The van der Waals surface area contributed by atoms with Gasteiger partial charge in [-0.2, -0.15) is 0 Å². The number of hydrogen-bond acceptors (Lipinski definition) is 3. The summed E-state index contributed by atoms with van der Waals surface area (Å²) >= 11 is 7.64. The van der Waals surface area contributed by atoms with Crippen LogP contribution in [0.5, 0.6) is 0 Å². The topological polar surface area (TPSA) is 24.9 Å². The number of nitrogens with zero attached hydrogens (tertiary/aromatic N) is 1. The molecule has 3 rings (SSSR count). The van der Waals surface area contributed by atoms with Crippen LogP contribution in [0.2, 0.25) is 5.15 Å². The van der Waals surface area contributed by atoms with Crippen molar-refractivity contribution in [1.82, 2.24) is 10.3 Å². The Kier molecular flexibility index (Phi) is 2.67. The molecule has 0 aromatic carbocycles. The highest BCUT2D eigenvalue weighted by Crippen LogP contribution is 2.31. The van der Waals surface area contributed by atoms with Crippen molar-refractivity contribution in [1.29, 1.82) is 0 Å². The minimum atomic E-state index is 0.278. The highest BCUT2D eigenvalue weighted by Gasteiger charge is 2.22. The second-order valence-corrected chi connectivity index (χ2v) is 5.24. The SMILES string of the molecule is Clc1ccc(C2NCCc3sccc32)cn1. The van der Waals surface area contributed by atoms with E-state index in [1.807, 2.05) is 29.7 Å². The fourth-order valence-electron chi connectivity index (χ4n) is 2.11. The smallest absolute Gasteiger partial charge is 0.129 e. The number of thiophene rings is 1. The van der Waals surface area contributed by atoms with Crippen LogP contribution in [0, 0.1) is 0 Å². The number of pyridine rings is 1. The van der Waals surface area contributed by atoms with Gasteiger partial charge in [-0.25, -0.2) is 4.98 Å². The third-order valence-corrected chi connectivity index (χ3v) is 4.10. The fraction of sp³-hybridized carbons (Fsp3) is 0.250. The fourth-order valence-corrected chi connectivity index (χ4v) is 3.14. The lowest BCUT2D eigenvalue weighted by Crippen LogP contribution is -2.29. The highest BCUT2D eigenvalue weighted by molar-refractivity contribution is 7.10. The minimum Gasteiger partial charge on any atom is -0.306 e. The Morgan fingerprint density at radius 2 is 2.31 bits per heavy atom. The van der Waals surface area contributed by atoms with Crippen LogP contribution in [-0.4, -0.2) is 11.5 Å². The van der Waals surface area contributed by atoms with Crippen LogP contribution in [0.1, 0.15) is 22.0 Å². The van der Waals surface area contributed by atoms with E-state index in [2.05, 4.69) is 21.7 Å². The normalized spacial score (nSPS) is 19.4. The third-order valence-electron chi connectivity index (χ3n) is 2.88. The lowest BCUT2D eigenvalue weighted by molar-refractivity contribution is 0.573. The second-order valence-electron chi connectivity index (χ2n) is 3.85. The van der Waals surface area contributed by atoms with E-state index in [-0.39, 0.29) is 6.04 Å². The van der Waals surface area contributed by atoms with E-state index in [0.29, 0.717) is 5.15 Å². The molecule has 0 amide bonds. The molecular formula is C12H11ClN2S. The quantitative estimate of drug-likeness (QED) is 0.787. The van der Waals surface area contributed by atoms with Crippen molar-refractivity contribution in [3.63, 3.8) is 0 Å². The molecule has 16 heavy (non-hydrogen) atoms. The molecule has 0 fully saturated rings. The average Bonchev–Trinajstić information content (AvgIpc) is 2.78. The molecule has 0 saturated heterocycles. The minimum absolute atomic E-state index is 0.278. The molecule has 0 bridgehead atoms. The summed E-state index contributed by atoms with van der Waals surface area (Å²) in [5, 5.41) is 6.23. The molecule has 1 atom stereocenters. The molecule has 0 aliphatic carbocycles. The highest BCUT2D eigenvalue weighted by atomic mass is 35.5. The lowest BCUT2D eigenvalue weighted by atomic mass is 9.97. The molecule has 1 N–H and O–H groups in total. The average molecular weight is 251 g/mol. The zero-order valence-electron chi connectivity index (χ0n) is 8.61. The summed E-state index contributed by atoms with van der Waals surface area (Å²) in [6.07, 6.45) is 2.98. The van der Waals surface area contributed by atoms with Gasteiger partial charge in [-0.1, -0.05) is 17.7 Å². The predicted octanol–water partition coefficient (Wildman–Crippen LogP) is 3.03. The van der Waals surface area contributed by atoms with Gasteiger partial charge in [0.15, 0.2) is 0 Å². The summed E-state index contributed by atoms with van der Waals surface area (Å²) < 4.78 is 0. The van der Waals surface area contributed by atoms with Crippen molar-refractivity contribution < 1.29 is 0 Å². The number of nitrogens with one attached hydrogen (secondary N) is 1. The molecule has 2 aromatic heterocycles. The van der Waals surface area contributed by atoms with Gasteiger partial charge in [-0.15, -0.1) is 11.3 Å². The number of halogens is 1. The van der Waals surface area contributed by atoms with Crippen LogP contribution >= 0.6 is 22.9 Å². The van der Waals surface area contributed by atoms with E-state index in [0.717, 1.165) is 13.0 Å². The van der Waals surface area contributed by atoms with Gasteiger partial charge in [0.1, 0.15) is 5.15 Å². The van der Waals surface area contributed by atoms with Crippen LogP contribution in [0.25, 0.3) is 0 Å². The summed E-state index contributed by atoms with van der Waals surface area (Å²) in [5.41, 5.74) is 2.57. The number of aromatic nitrogens is 1. The van der Waals surface area contributed by atoms with Crippen LogP contribution in [-0.2, 0) is 6.42 Å². The van der Waals surface area contributed by atoms with E-state index < -0.39 is 0 Å². The Labute approximate surface area is 103 Å². The Morgan fingerprint density at radius 3 is 3.12 bits per heavy atom. The van der Waals surface area contributed by atoms with Crippen LogP contribution < -0.4 is 5.32 Å². The summed E-state index contributed by atoms with van der Waals surface area (Å²) in [4.78, 5) is 5.63. The van der Waals surface area contributed by atoms with Gasteiger partial charge in [0.25, 0.3) is 0 Å². The standard InChI is InChI=1S/C12H11ClN2S/c13-11-2-1-8(7-15-11)12-9-4-6-16-10(9)3-5-14-12/h1-2,4,6-7,12,14H,3,5H2. The van der Waals surface area contributed by atoms with E-state index in [4.69, 9.17) is 11.6 Å². The van der Waals surface area contributed by atoms with Crippen molar-refractivity contribution in [3.05, 3.63) is 50.9 Å². The van der Waals surface area contributed by atoms with Crippen LogP contribution in [0.15, 0.2) is 29.8 Å². The maximum atomic E-state index is 5.80. The number of hydrogen-bond donors (Lipinski definition) is 1. The molecule has 1 aliphatic heterocycles. The lowest BCUT2D eigenvalue weighted by Gasteiger charge is -2.24. The molecule has 3 heterocycles. The van der Waals surface area contributed by atoms with Gasteiger partial charge in [0, 0.05) is 17.6 Å². The third kappa shape index (κ3) is 1.75. The molecular weight excluding hydrogens is 240 g/mol. The predicted molar refractivity (Wildman–Crippen MR) is 67.1 cm³/mol. The molecule has 82 valence electrons. The van der Waals surface area contributed by atoms with E-state index in [1.165, 1.54) is 16.0 Å². The summed E-state index contributed by atoms with van der Waals surface area (Å²) in [6.45, 7) is 1.03. The molecule has 0 radical (unpaired) electrons. The summed E-state index contributed by atoms with van der Waals surface area (Å²) in [7, 11) is 0. The van der Waals surface area contributed by atoms with E-state index in [1.54, 1.807) is 0 Å². The summed E-state index contributed by atoms with van der Waals surface area (Å²) in [6, 6.07) is 6.37. The molecule has 0 spiro atoms. The van der Waals surface area contributed by atoms with Gasteiger partial charge in [0.2, 0.25) is 0 Å². The van der Waals surface area contributed by atoms with Crippen LogP contribution in [0.4, 0.5) is 0 Å². The van der Waals surface area contributed by atoms with Gasteiger partial charge < -0.3 is 5.32 Å². The molecule has 2 nitrogen and oxygen atoms in total. The van der Waals surface area contributed by atoms with E-state index in [9.17, 15) is 0 Å². The van der Waals surface area contributed by atoms with Crippen molar-refractivity contribution in [2.75, 3.05) is 6.54 Å². The molecule has 2 aromatic rings. The first-order chi connectivity index (χ1) is 7.84. The zero-order chi connectivity index (χ0) is 11.0. The largest absolute Gasteiger partial charge is 0.306 e. The first-order valence-corrected chi connectivity index (χ1v) is 6.51. The molecule has 4 heteroatoms. The maximum absolute atomic E-state index is 5.80. The van der Waals surface area contributed by atoms with Gasteiger partial charge >= 0.3 is 0 Å². The maximum Gasteiger partial charge on any atom is 0.129 e.